The molecule has 0 spiro atoms. The first kappa shape index (κ1) is 18.0. The van der Waals surface area contributed by atoms with Gasteiger partial charge < -0.3 is 4.57 Å². The van der Waals surface area contributed by atoms with Gasteiger partial charge in [0, 0.05) is 11.4 Å². The summed E-state index contributed by atoms with van der Waals surface area (Å²) in [6.45, 7) is 6.19. The number of nitrogens with zero attached hydrogens (tertiary/aromatic N) is 2. The van der Waals surface area contributed by atoms with Crippen LogP contribution in [-0.2, 0) is 16.6 Å². The van der Waals surface area contributed by atoms with Crippen molar-refractivity contribution in [3.8, 4) is 0 Å². The number of thiazole rings is 1. The lowest BCUT2D eigenvalue weighted by atomic mass is 10.2. The summed E-state index contributed by atoms with van der Waals surface area (Å²) in [6.07, 6.45) is 3.76. The van der Waals surface area contributed by atoms with Gasteiger partial charge in [0.2, 0.25) is 4.80 Å². The van der Waals surface area contributed by atoms with Crippen LogP contribution in [-0.4, -0.2) is 19.2 Å². The van der Waals surface area contributed by atoms with E-state index >= 15 is 0 Å². The molecule has 3 rings (SSSR count). The van der Waals surface area contributed by atoms with Crippen molar-refractivity contribution in [2.75, 3.05) is 6.26 Å². The van der Waals surface area contributed by atoms with Crippen molar-refractivity contribution in [3.05, 3.63) is 65.5 Å². The van der Waals surface area contributed by atoms with E-state index in [4.69, 9.17) is 0 Å². The van der Waals surface area contributed by atoms with Crippen molar-refractivity contribution in [3.63, 3.8) is 0 Å². The van der Waals surface area contributed by atoms with E-state index in [-0.39, 0.29) is 4.90 Å². The van der Waals surface area contributed by atoms with E-state index < -0.39 is 10.0 Å². The first-order valence-electron chi connectivity index (χ1n) is 7.60. The smallest absolute Gasteiger partial charge is 0.285 e. The van der Waals surface area contributed by atoms with Crippen LogP contribution in [0.2, 0.25) is 0 Å². The standard InChI is InChI=1S/C18H18N2O2S3/c1-4-11-20-16-10-7-14(23-3)12-17(16)24-18(20)19-25(21,22)15-8-5-13(2)6-9-15/h4-10,12H,1,11H2,2-3H3/b19-18-. The van der Waals surface area contributed by atoms with Crippen molar-refractivity contribution >= 4 is 43.3 Å². The summed E-state index contributed by atoms with van der Waals surface area (Å²) in [5.41, 5.74) is 1.97. The lowest BCUT2D eigenvalue weighted by molar-refractivity contribution is 0.596. The molecule has 0 amide bonds. The predicted octanol–water partition coefficient (Wildman–Crippen LogP) is 4.21. The summed E-state index contributed by atoms with van der Waals surface area (Å²) in [4.78, 5) is 1.78. The first-order valence-corrected chi connectivity index (χ1v) is 11.1. The van der Waals surface area contributed by atoms with Gasteiger partial charge in [-0.2, -0.15) is 8.42 Å². The molecule has 1 aromatic heterocycles. The number of aromatic nitrogens is 1. The molecule has 0 unspecified atom stereocenters. The van der Waals surface area contributed by atoms with Crippen molar-refractivity contribution in [2.24, 2.45) is 4.40 Å². The minimum Gasteiger partial charge on any atom is -0.312 e. The molecule has 0 fully saturated rings. The number of hydrogen-bond acceptors (Lipinski definition) is 4. The topological polar surface area (TPSA) is 51.4 Å². The molecule has 0 saturated carbocycles. The highest BCUT2D eigenvalue weighted by atomic mass is 32.2. The van der Waals surface area contributed by atoms with Gasteiger partial charge in [-0.15, -0.1) is 22.7 Å². The van der Waals surface area contributed by atoms with Crippen LogP contribution >= 0.6 is 23.1 Å². The Bertz CT molecular complexity index is 1090. The van der Waals surface area contributed by atoms with Gasteiger partial charge in [-0.05, 0) is 43.5 Å². The second-order valence-electron chi connectivity index (χ2n) is 5.50. The molecule has 25 heavy (non-hydrogen) atoms. The van der Waals surface area contributed by atoms with E-state index in [1.165, 1.54) is 11.3 Å². The summed E-state index contributed by atoms with van der Waals surface area (Å²) < 4.78 is 32.3. The number of allylic oxidation sites excluding steroid dienone is 1. The highest BCUT2D eigenvalue weighted by Gasteiger charge is 2.14. The van der Waals surface area contributed by atoms with E-state index in [2.05, 4.69) is 17.0 Å². The fraction of sp³-hybridized carbons (Fsp3) is 0.167. The van der Waals surface area contributed by atoms with Crippen LogP contribution in [0.3, 0.4) is 0 Å². The molecular formula is C18H18N2O2S3. The number of aryl methyl sites for hydroxylation is 1. The predicted molar refractivity (Wildman–Crippen MR) is 106 cm³/mol. The lowest BCUT2D eigenvalue weighted by Gasteiger charge is -2.02. The quantitative estimate of drug-likeness (QED) is 0.484. The minimum absolute atomic E-state index is 0.200. The van der Waals surface area contributed by atoms with Gasteiger partial charge >= 0.3 is 0 Å². The van der Waals surface area contributed by atoms with Gasteiger partial charge in [-0.25, -0.2) is 0 Å². The molecule has 0 bridgehead atoms. The highest BCUT2D eigenvalue weighted by Crippen LogP contribution is 2.24. The molecule has 0 aliphatic rings. The minimum atomic E-state index is -3.76. The normalized spacial score (nSPS) is 12.6. The molecule has 4 nitrogen and oxygen atoms in total. The zero-order valence-corrected chi connectivity index (χ0v) is 16.4. The molecule has 3 aromatic rings. The molecule has 0 saturated heterocycles. The van der Waals surface area contributed by atoms with Gasteiger partial charge in [-0.3, -0.25) is 0 Å². The molecule has 0 atom stereocenters. The number of thioether (sulfide) groups is 1. The molecule has 1 heterocycles. The van der Waals surface area contributed by atoms with Crippen LogP contribution < -0.4 is 4.80 Å². The fourth-order valence-electron chi connectivity index (χ4n) is 2.42. The first-order chi connectivity index (χ1) is 11.9. The fourth-order valence-corrected chi connectivity index (χ4v) is 5.22. The van der Waals surface area contributed by atoms with Crippen LogP contribution in [0, 0.1) is 6.92 Å². The summed E-state index contributed by atoms with van der Waals surface area (Å²) >= 11 is 3.03. The zero-order chi connectivity index (χ0) is 18.0. The summed E-state index contributed by atoms with van der Waals surface area (Å²) in [6, 6.07) is 12.8. The largest absolute Gasteiger partial charge is 0.312 e. The van der Waals surface area contributed by atoms with Crippen LogP contribution in [0.1, 0.15) is 5.56 Å². The Hall–Kier alpha value is -1.83. The Morgan fingerprint density at radius 1 is 1.24 bits per heavy atom. The second kappa shape index (κ2) is 7.19. The maximum absolute atomic E-state index is 12.7. The van der Waals surface area contributed by atoms with Gasteiger partial charge in [0.05, 0.1) is 15.1 Å². The Morgan fingerprint density at radius 3 is 2.60 bits per heavy atom. The van der Waals surface area contributed by atoms with Crippen LogP contribution in [0.5, 0.6) is 0 Å². The van der Waals surface area contributed by atoms with Crippen molar-refractivity contribution in [1.82, 2.24) is 4.57 Å². The number of hydrogen-bond donors (Lipinski definition) is 0. The van der Waals surface area contributed by atoms with Gasteiger partial charge in [0.15, 0.2) is 0 Å². The van der Waals surface area contributed by atoms with Gasteiger partial charge in [0.25, 0.3) is 10.0 Å². The van der Waals surface area contributed by atoms with Crippen LogP contribution in [0.25, 0.3) is 10.2 Å². The van der Waals surface area contributed by atoms with Crippen LogP contribution in [0.15, 0.2) is 69.3 Å². The monoisotopic (exact) mass is 390 g/mol. The Kier molecular flexibility index (Phi) is 5.17. The Labute approximate surface area is 155 Å². The molecule has 0 aliphatic carbocycles. The molecule has 2 aromatic carbocycles. The van der Waals surface area contributed by atoms with E-state index in [1.807, 2.05) is 29.9 Å². The number of benzene rings is 2. The highest BCUT2D eigenvalue weighted by molar-refractivity contribution is 7.98. The zero-order valence-electron chi connectivity index (χ0n) is 14.0. The van der Waals surface area contributed by atoms with Gasteiger partial charge in [-0.1, -0.05) is 35.1 Å². The number of fused-ring (bicyclic) bond motifs is 1. The van der Waals surface area contributed by atoms with Crippen molar-refractivity contribution < 1.29 is 8.42 Å². The number of sulfonamides is 1. The van der Waals surface area contributed by atoms with Crippen LogP contribution in [0.4, 0.5) is 0 Å². The van der Waals surface area contributed by atoms with E-state index in [0.29, 0.717) is 11.3 Å². The maximum Gasteiger partial charge on any atom is 0.285 e. The van der Waals surface area contributed by atoms with E-state index in [1.54, 1.807) is 42.1 Å². The van der Waals surface area contributed by atoms with Crippen molar-refractivity contribution in [2.45, 2.75) is 23.3 Å². The Balaban J connectivity index is 2.22. The SMILES string of the molecule is C=CCn1/c(=N/S(=O)(=O)c2ccc(C)cc2)sc2cc(SC)ccc21. The average Bonchev–Trinajstić information content (AvgIpc) is 2.91. The van der Waals surface area contributed by atoms with E-state index in [0.717, 1.165) is 20.7 Å². The third-order valence-electron chi connectivity index (χ3n) is 3.72. The molecule has 0 aliphatic heterocycles. The van der Waals surface area contributed by atoms with E-state index in [9.17, 15) is 8.42 Å². The average molecular weight is 391 g/mol. The lowest BCUT2D eigenvalue weighted by Crippen LogP contribution is -2.16. The summed E-state index contributed by atoms with van der Waals surface area (Å²) in [5.74, 6) is 0. The number of rotatable bonds is 5. The molecule has 0 radical (unpaired) electrons. The summed E-state index contributed by atoms with van der Waals surface area (Å²) in [7, 11) is -3.76. The van der Waals surface area contributed by atoms with Gasteiger partial charge in [0.1, 0.15) is 0 Å². The molecule has 130 valence electrons. The third-order valence-corrected chi connectivity index (χ3v) is 6.88. The molecule has 7 heteroatoms. The second-order valence-corrected chi connectivity index (χ2v) is 8.99. The van der Waals surface area contributed by atoms with Crippen molar-refractivity contribution in [1.29, 1.82) is 0 Å². The molecular weight excluding hydrogens is 372 g/mol. The maximum atomic E-state index is 12.7. The Morgan fingerprint density at radius 2 is 1.96 bits per heavy atom. The summed E-state index contributed by atoms with van der Waals surface area (Å²) in [5, 5.41) is 0. The third kappa shape index (κ3) is 3.73. The molecule has 0 N–H and O–H groups in total.